The number of rotatable bonds is 4. The fraction of sp³-hybridized carbons (Fsp3) is 0.357. The van der Waals surface area contributed by atoms with E-state index in [9.17, 15) is 4.79 Å². The second-order valence-corrected chi connectivity index (χ2v) is 5.15. The van der Waals surface area contributed by atoms with Gasteiger partial charge in [-0.05, 0) is 30.7 Å². The molecular weight excluding hydrogens is 264 g/mol. The second kappa shape index (κ2) is 5.63. The molecule has 2 rings (SSSR count). The first-order chi connectivity index (χ1) is 9.02. The molecule has 2 aromatic rings. The van der Waals surface area contributed by atoms with E-state index in [1.54, 1.807) is 11.9 Å². The number of likely N-dealkylation sites (N-methyl/N-ethyl adjacent to an activating group) is 1. The number of amides is 1. The standard InChI is InChI=1S/C14H17ClN2O2/c1-9(8-18)17(2)14(19)5-10-7-16-13-4-3-11(15)6-12(10)13/h3-4,6-7,9,16,18H,5,8H2,1-2H3. The van der Waals surface area contributed by atoms with E-state index in [0.717, 1.165) is 16.5 Å². The van der Waals surface area contributed by atoms with Gasteiger partial charge in [0.05, 0.1) is 19.1 Å². The number of halogens is 1. The van der Waals surface area contributed by atoms with Crippen LogP contribution in [0.3, 0.4) is 0 Å². The SMILES string of the molecule is CC(CO)N(C)C(=O)Cc1c[nH]c2ccc(Cl)cc12. The van der Waals surface area contributed by atoms with Crippen LogP contribution in [0.4, 0.5) is 0 Å². The number of aromatic nitrogens is 1. The molecule has 2 N–H and O–H groups in total. The third kappa shape index (κ3) is 2.91. The van der Waals surface area contributed by atoms with Crippen molar-refractivity contribution < 1.29 is 9.90 Å². The van der Waals surface area contributed by atoms with E-state index >= 15 is 0 Å². The zero-order chi connectivity index (χ0) is 14.0. The highest BCUT2D eigenvalue weighted by Crippen LogP contribution is 2.23. The maximum absolute atomic E-state index is 12.1. The summed E-state index contributed by atoms with van der Waals surface area (Å²) in [4.78, 5) is 16.8. The summed E-state index contributed by atoms with van der Waals surface area (Å²) in [6, 6.07) is 5.38. The normalized spacial score (nSPS) is 12.6. The number of nitrogens with zero attached hydrogens (tertiary/aromatic N) is 1. The molecule has 0 fully saturated rings. The van der Waals surface area contributed by atoms with Gasteiger partial charge in [-0.2, -0.15) is 0 Å². The van der Waals surface area contributed by atoms with Crippen LogP contribution in [0.15, 0.2) is 24.4 Å². The number of carbonyl (C=O) groups is 1. The number of H-pyrrole nitrogens is 1. The van der Waals surface area contributed by atoms with E-state index < -0.39 is 0 Å². The van der Waals surface area contributed by atoms with Gasteiger partial charge in [0.25, 0.3) is 0 Å². The Morgan fingerprint density at radius 3 is 2.95 bits per heavy atom. The maximum atomic E-state index is 12.1. The third-order valence-corrected chi connectivity index (χ3v) is 3.63. The minimum absolute atomic E-state index is 0.0255. The van der Waals surface area contributed by atoms with Gasteiger partial charge >= 0.3 is 0 Å². The third-order valence-electron chi connectivity index (χ3n) is 3.39. The van der Waals surface area contributed by atoms with Crippen LogP contribution in [0.25, 0.3) is 10.9 Å². The molecule has 4 nitrogen and oxygen atoms in total. The second-order valence-electron chi connectivity index (χ2n) is 4.72. The summed E-state index contributed by atoms with van der Waals surface area (Å²) in [7, 11) is 1.70. The highest BCUT2D eigenvalue weighted by Gasteiger charge is 2.17. The van der Waals surface area contributed by atoms with Crippen LogP contribution < -0.4 is 0 Å². The molecule has 0 spiro atoms. The van der Waals surface area contributed by atoms with Gasteiger partial charge in [0.2, 0.25) is 5.91 Å². The van der Waals surface area contributed by atoms with Gasteiger partial charge in [-0.15, -0.1) is 0 Å². The van der Waals surface area contributed by atoms with Gasteiger partial charge in [0.15, 0.2) is 0 Å². The van der Waals surface area contributed by atoms with Crippen LogP contribution in [0.2, 0.25) is 5.02 Å². The molecule has 1 unspecified atom stereocenters. The quantitative estimate of drug-likeness (QED) is 0.902. The molecule has 0 radical (unpaired) electrons. The molecule has 19 heavy (non-hydrogen) atoms. The van der Waals surface area contributed by atoms with Crippen molar-refractivity contribution in [3.05, 3.63) is 35.0 Å². The Hall–Kier alpha value is -1.52. The lowest BCUT2D eigenvalue weighted by atomic mass is 10.1. The van der Waals surface area contributed by atoms with Crippen LogP contribution in [0.1, 0.15) is 12.5 Å². The van der Waals surface area contributed by atoms with E-state index in [2.05, 4.69) is 4.98 Å². The monoisotopic (exact) mass is 280 g/mol. The lowest BCUT2D eigenvalue weighted by Crippen LogP contribution is -2.38. The van der Waals surface area contributed by atoms with Crippen molar-refractivity contribution in [2.75, 3.05) is 13.7 Å². The highest BCUT2D eigenvalue weighted by molar-refractivity contribution is 6.31. The lowest BCUT2D eigenvalue weighted by molar-refractivity contribution is -0.131. The van der Waals surface area contributed by atoms with E-state index in [4.69, 9.17) is 16.7 Å². The van der Waals surface area contributed by atoms with Crippen molar-refractivity contribution in [1.82, 2.24) is 9.88 Å². The molecule has 0 aliphatic rings. The summed E-state index contributed by atoms with van der Waals surface area (Å²) >= 11 is 5.98. The average molecular weight is 281 g/mol. The van der Waals surface area contributed by atoms with Gasteiger partial charge in [0.1, 0.15) is 0 Å². The first-order valence-electron chi connectivity index (χ1n) is 6.15. The lowest BCUT2D eigenvalue weighted by Gasteiger charge is -2.23. The number of hydrogen-bond acceptors (Lipinski definition) is 2. The van der Waals surface area contributed by atoms with E-state index in [-0.39, 0.29) is 18.6 Å². The zero-order valence-corrected chi connectivity index (χ0v) is 11.7. The number of fused-ring (bicyclic) bond motifs is 1. The molecule has 1 atom stereocenters. The molecule has 1 amide bonds. The van der Waals surface area contributed by atoms with Crippen LogP contribution in [-0.2, 0) is 11.2 Å². The molecule has 0 aliphatic carbocycles. The van der Waals surface area contributed by atoms with Gasteiger partial charge in [0, 0.05) is 29.2 Å². The molecule has 0 saturated heterocycles. The summed E-state index contributed by atoms with van der Waals surface area (Å²) in [6.45, 7) is 1.77. The number of nitrogens with one attached hydrogen (secondary N) is 1. The van der Waals surface area contributed by atoms with Gasteiger partial charge in [-0.1, -0.05) is 11.6 Å². The fourth-order valence-electron chi connectivity index (χ4n) is 1.95. The number of carbonyl (C=O) groups excluding carboxylic acids is 1. The summed E-state index contributed by atoms with van der Waals surface area (Å²) in [5.74, 6) is -0.0255. The highest BCUT2D eigenvalue weighted by atomic mass is 35.5. The molecule has 102 valence electrons. The molecule has 0 aliphatic heterocycles. The van der Waals surface area contributed by atoms with Crippen molar-refractivity contribution in [1.29, 1.82) is 0 Å². The zero-order valence-electron chi connectivity index (χ0n) is 11.0. The van der Waals surface area contributed by atoms with Gasteiger partial charge in [-0.25, -0.2) is 0 Å². The van der Waals surface area contributed by atoms with Crippen LogP contribution in [0, 0.1) is 0 Å². The van der Waals surface area contributed by atoms with E-state index in [1.807, 2.05) is 31.3 Å². The molecule has 5 heteroatoms. The molecular formula is C14H17ClN2O2. The Morgan fingerprint density at radius 2 is 2.26 bits per heavy atom. The molecule has 1 aromatic heterocycles. The number of aliphatic hydroxyl groups excluding tert-OH is 1. The molecule has 1 aromatic carbocycles. The summed E-state index contributed by atoms with van der Waals surface area (Å²) < 4.78 is 0. The maximum Gasteiger partial charge on any atom is 0.227 e. The van der Waals surface area contributed by atoms with Crippen LogP contribution in [-0.4, -0.2) is 40.6 Å². The smallest absolute Gasteiger partial charge is 0.227 e. The minimum atomic E-state index is -0.179. The predicted octanol–water partition coefficient (Wildman–Crippen LogP) is 2.20. The number of benzene rings is 1. The molecule has 1 heterocycles. The summed E-state index contributed by atoms with van der Waals surface area (Å²) in [5, 5.41) is 10.7. The molecule has 0 saturated carbocycles. The Labute approximate surface area is 117 Å². The Morgan fingerprint density at radius 1 is 1.53 bits per heavy atom. The van der Waals surface area contributed by atoms with Gasteiger partial charge < -0.3 is 15.0 Å². The molecule has 0 bridgehead atoms. The average Bonchev–Trinajstić information content (AvgIpc) is 2.79. The van der Waals surface area contributed by atoms with E-state index in [1.165, 1.54) is 0 Å². The number of aliphatic hydroxyl groups is 1. The van der Waals surface area contributed by atoms with Crippen molar-refractivity contribution in [3.8, 4) is 0 Å². The number of aromatic amines is 1. The van der Waals surface area contributed by atoms with Crippen LogP contribution >= 0.6 is 11.6 Å². The fourth-order valence-corrected chi connectivity index (χ4v) is 2.12. The van der Waals surface area contributed by atoms with Crippen molar-refractivity contribution in [2.45, 2.75) is 19.4 Å². The summed E-state index contributed by atoms with van der Waals surface area (Å²) in [6.07, 6.45) is 2.12. The largest absolute Gasteiger partial charge is 0.394 e. The van der Waals surface area contributed by atoms with Gasteiger partial charge in [-0.3, -0.25) is 4.79 Å². The number of hydrogen-bond donors (Lipinski definition) is 2. The predicted molar refractivity (Wildman–Crippen MR) is 76.3 cm³/mol. The summed E-state index contributed by atoms with van der Waals surface area (Å²) in [5.41, 5.74) is 1.88. The van der Waals surface area contributed by atoms with E-state index in [0.29, 0.717) is 11.4 Å². The Bertz CT molecular complexity index is 594. The van der Waals surface area contributed by atoms with Crippen molar-refractivity contribution >= 4 is 28.4 Å². The van der Waals surface area contributed by atoms with Crippen LogP contribution in [0.5, 0.6) is 0 Å². The Kier molecular flexibility index (Phi) is 4.12. The first kappa shape index (κ1) is 13.9. The van der Waals surface area contributed by atoms with Crippen molar-refractivity contribution in [3.63, 3.8) is 0 Å². The topological polar surface area (TPSA) is 56.3 Å². The first-order valence-corrected chi connectivity index (χ1v) is 6.52. The minimum Gasteiger partial charge on any atom is -0.394 e. The van der Waals surface area contributed by atoms with Crippen molar-refractivity contribution in [2.24, 2.45) is 0 Å². The Balaban J connectivity index is 2.22.